The summed E-state index contributed by atoms with van der Waals surface area (Å²) in [5.41, 5.74) is -10.5. The Hall–Kier alpha value is -6.84. The molecule has 288 valence electrons. The number of ketones is 3. The molecule has 3 aromatic rings. The number of aliphatic hydroxyl groups is 2. The Morgan fingerprint density at radius 3 is 1.26 bits per heavy atom. The second-order valence-electron chi connectivity index (χ2n) is 11.8. The largest absolute Gasteiger partial charge is 0.504 e. The van der Waals surface area contributed by atoms with E-state index in [-0.39, 0.29) is 0 Å². The Morgan fingerprint density at radius 1 is 0.574 bits per heavy atom. The van der Waals surface area contributed by atoms with Gasteiger partial charge in [0.2, 0.25) is 17.0 Å². The van der Waals surface area contributed by atoms with Crippen molar-refractivity contribution in [3.63, 3.8) is 0 Å². The van der Waals surface area contributed by atoms with Gasteiger partial charge in [-0.1, -0.05) is 0 Å². The lowest BCUT2D eigenvalue weighted by atomic mass is 9.64. The van der Waals surface area contributed by atoms with Crippen molar-refractivity contribution in [1.29, 1.82) is 0 Å². The minimum Gasteiger partial charge on any atom is -0.504 e. The number of phenolic OH excluding ortho intramolecular Hbond substituents is 9. The summed E-state index contributed by atoms with van der Waals surface area (Å²) in [7, 11) is 0. The van der Waals surface area contributed by atoms with Crippen LogP contribution in [0.4, 0.5) is 0 Å². The maximum Gasteiger partial charge on any atom is 0.341 e. The van der Waals surface area contributed by atoms with Crippen LogP contribution >= 0.6 is 0 Å². The maximum atomic E-state index is 13.7. The van der Waals surface area contributed by atoms with E-state index in [0.29, 0.717) is 57.2 Å². The third kappa shape index (κ3) is 6.20. The topological polar surface area (TPSA) is 362 Å². The van der Waals surface area contributed by atoms with E-state index in [4.69, 9.17) is 18.9 Å². The molecule has 0 aliphatic carbocycles. The van der Waals surface area contributed by atoms with Crippen LogP contribution in [0.2, 0.25) is 0 Å². The standard InChI is InChI=1S/C33H30O21/c1-11(34)31(53-29(48)15-6-19(39)25(44)20(40)7-15)27(46)23(10-51-28(47)14-4-17(37)24(43)18(38)5-14)52-33(13(3)36,32(31,50)12(2)35)54-30(49)16-8-21(41)26(45)22(42)9-16/h4-9,23,27,37-46,50H,10H2,1-3H3/t23-,27-,31+,32+,33-/m1/s1. The van der Waals surface area contributed by atoms with Gasteiger partial charge in [-0.05, 0) is 50.2 Å². The highest BCUT2D eigenvalue weighted by Crippen LogP contribution is 2.51. The molecule has 0 unspecified atom stereocenters. The molecule has 0 bridgehead atoms. The molecule has 3 aromatic carbocycles. The molecule has 0 saturated carbocycles. The van der Waals surface area contributed by atoms with E-state index in [2.05, 4.69) is 0 Å². The zero-order valence-corrected chi connectivity index (χ0v) is 27.8. The number of benzene rings is 3. The van der Waals surface area contributed by atoms with Gasteiger partial charge < -0.3 is 75.1 Å². The van der Waals surface area contributed by atoms with Crippen molar-refractivity contribution in [2.24, 2.45) is 0 Å². The summed E-state index contributed by atoms with van der Waals surface area (Å²) in [4.78, 5) is 81.0. The highest BCUT2D eigenvalue weighted by Gasteiger charge is 2.82. The lowest BCUT2D eigenvalue weighted by Crippen LogP contribution is -2.86. The minimum absolute atomic E-state index is 0.466. The van der Waals surface area contributed by atoms with Crippen LogP contribution in [0.15, 0.2) is 36.4 Å². The van der Waals surface area contributed by atoms with Crippen molar-refractivity contribution in [1.82, 2.24) is 0 Å². The summed E-state index contributed by atoms with van der Waals surface area (Å²) in [6, 6.07) is 3.09. The van der Waals surface area contributed by atoms with Gasteiger partial charge in [-0.3, -0.25) is 14.4 Å². The molecule has 1 aliphatic heterocycles. The number of esters is 3. The smallest absolute Gasteiger partial charge is 0.341 e. The number of aromatic hydroxyl groups is 9. The van der Waals surface area contributed by atoms with Crippen LogP contribution < -0.4 is 0 Å². The van der Waals surface area contributed by atoms with Gasteiger partial charge >= 0.3 is 23.7 Å². The zero-order valence-electron chi connectivity index (χ0n) is 27.8. The fraction of sp³-hybridized carbons (Fsp3) is 0.273. The molecular formula is C33H30O21. The summed E-state index contributed by atoms with van der Waals surface area (Å²) >= 11 is 0. The molecule has 54 heavy (non-hydrogen) atoms. The van der Waals surface area contributed by atoms with Crippen molar-refractivity contribution in [3.05, 3.63) is 53.1 Å². The van der Waals surface area contributed by atoms with E-state index in [1.807, 2.05) is 0 Å². The van der Waals surface area contributed by atoms with Gasteiger partial charge in [-0.25, -0.2) is 14.4 Å². The Bertz CT molecular complexity index is 2040. The summed E-state index contributed by atoms with van der Waals surface area (Å²) in [5.74, 6) is -24.2. The monoisotopic (exact) mass is 762 g/mol. The fourth-order valence-corrected chi connectivity index (χ4v) is 5.68. The predicted octanol–water partition coefficient (Wildman–Crippen LogP) is -0.399. The molecule has 21 nitrogen and oxygen atoms in total. The number of Topliss-reactive ketones (excluding diaryl/α,β-unsaturated/α-hetero) is 3. The number of hydrogen-bond acceptors (Lipinski definition) is 21. The summed E-state index contributed by atoms with van der Waals surface area (Å²) in [6.07, 6.45) is -5.38. The molecule has 0 spiro atoms. The summed E-state index contributed by atoms with van der Waals surface area (Å²) < 4.78 is 21.1. The molecule has 1 saturated heterocycles. The lowest BCUT2D eigenvalue weighted by Gasteiger charge is -2.57. The van der Waals surface area contributed by atoms with E-state index >= 15 is 0 Å². The molecule has 1 aliphatic rings. The third-order valence-electron chi connectivity index (χ3n) is 8.38. The Morgan fingerprint density at radius 2 is 0.926 bits per heavy atom. The van der Waals surface area contributed by atoms with Crippen molar-refractivity contribution in [2.75, 3.05) is 6.61 Å². The highest BCUT2D eigenvalue weighted by atomic mass is 16.8. The molecule has 5 atom stereocenters. The third-order valence-corrected chi connectivity index (χ3v) is 8.38. The number of rotatable bonds is 10. The lowest BCUT2D eigenvalue weighted by molar-refractivity contribution is -0.370. The van der Waals surface area contributed by atoms with Gasteiger partial charge in [0, 0.05) is 6.92 Å². The maximum absolute atomic E-state index is 13.7. The fourth-order valence-electron chi connectivity index (χ4n) is 5.68. The molecule has 21 heteroatoms. The van der Waals surface area contributed by atoms with Crippen LogP contribution in [0.3, 0.4) is 0 Å². The van der Waals surface area contributed by atoms with E-state index in [9.17, 15) is 84.9 Å². The number of carbonyl (C=O) groups is 6. The van der Waals surface area contributed by atoms with Crippen molar-refractivity contribution in [3.8, 4) is 51.7 Å². The average Bonchev–Trinajstić information content (AvgIpc) is 3.09. The van der Waals surface area contributed by atoms with Gasteiger partial charge in [0.05, 0.1) is 16.7 Å². The number of ether oxygens (including phenoxy) is 4. The number of aliphatic hydroxyl groups excluding tert-OH is 1. The van der Waals surface area contributed by atoms with Crippen LogP contribution in [-0.2, 0) is 33.3 Å². The first-order valence-electron chi connectivity index (χ1n) is 15.0. The Balaban J connectivity index is 1.97. The van der Waals surface area contributed by atoms with Crippen molar-refractivity contribution in [2.45, 2.75) is 50.0 Å². The van der Waals surface area contributed by atoms with Gasteiger partial charge in [0.25, 0.3) is 0 Å². The molecule has 0 aromatic heterocycles. The normalized spacial score (nSPS) is 23.5. The van der Waals surface area contributed by atoms with Gasteiger partial charge in [0.15, 0.2) is 63.3 Å². The molecule has 0 radical (unpaired) electrons. The molecule has 0 amide bonds. The van der Waals surface area contributed by atoms with Crippen molar-refractivity contribution >= 4 is 35.3 Å². The SMILES string of the molecule is CC(=O)[C@]1(OC(=O)c2cc(O)c(O)c(O)c2)O[C@H](COC(=O)c2cc(O)c(O)c(O)c2)[C@@H](O)[C@@](OC(=O)c2cc(O)c(O)c(O)c2)(C(C)=O)[C@@]1(O)C(C)=O. The van der Waals surface area contributed by atoms with Crippen LogP contribution in [0.1, 0.15) is 51.8 Å². The minimum atomic E-state index is -4.14. The first-order valence-corrected chi connectivity index (χ1v) is 15.0. The van der Waals surface area contributed by atoms with Gasteiger partial charge in [0.1, 0.15) is 18.8 Å². The van der Waals surface area contributed by atoms with Gasteiger partial charge in [-0.2, -0.15) is 0 Å². The van der Waals surface area contributed by atoms with E-state index in [0.717, 1.165) is 0 Å². The van der Waals surface area contributed by atoms with Crippen molar-refractivity contribution < 1.29 is 104 Å². The second-order valence-corrected chi connectivity index (χ2v) is 11.8. The van der Waals surface area contributed by atoms with Crippen LogP contribution in [0.25, 0.3) is 0 Å². The Labute approximate surface area is 300 Å². The molecule has 1 fully saturated rings. The number of phenols is 9. The average molecular weight is 763 g/mol. The highest BCUT2D eigenvalue weighted by molar-refractivity contribution is 6.07. The number of carbonyl (C=O) groups excluding carboxylic acids is 6. The zero-order chi connectivity index (χ0) is 40.8. The van der Waals surface area contributed by atoms with Crippen LogP contribution in [-0.4, -0.2) is 127 Å². The molecule has 4 rings (SSSR count). The number of hydrogen-bond donors (Lipinski definition) is 11. The van der Waals surface area contributed by atoms with Crippen LogP contribution in [0, 0.1) is 0 Å². The first kappa shape index (κ1) is 39.9. The first-order chi connectivity index (χ1) is 25.0. The van der Waals surface area contributed by atoms with Crippen LogP contribution in [0.5, 0.6) is 51.7 Å². The second kappa shape index (κ2) is 13.9. The Kier molecular flexibility index (Phi) is 10.3. The summed E-state index contributed by atoms with van der Waals surface area (Å²) in [5, 5.41) is 113. The van der Waals surface area contributed by atoms with E-state index in [1.165, 1.54) is 0 Å². The molecule has 11 N–H and O–H groups in total. The summed E-state index contributed by atoms with van der Waals surface area (Å²) in [6.45, 7) is 0.110. The molecule has 1 heterocycles. The predicted molar refractivity (Wildman–Crippen MR) is 169 cm³/mol. The molecular weight excluding hydrogens is 732 g/mol. The van der Waals surface area contributed by atoms with E-state index in [1.54, 1.807) is 0 Å². The van der Waals surface area contributed by atoms with Gasteiger partial charge in [-0.15, -0.1) is 0 Å². The quantitative estimate of drug-likeness (QED) is 0.0711. The van der Waals surface area contributed by atoms with E-state index < -0.39 is 139 Å².